The Morgan fingerprint density at radius 2 is 2.03 bits per heavy atom. The van der Waals surface area contributed by atoms with Crippen molar-refractivity contribution in [1.82, 2.24) is 23.4 Å². The van der Waals surface area contributed by atoms with Crippen LogP contribution in [0.15, 0.2) is 30.5 Å². The first-order valence-electron chi connectivity index (χ1n) is 10.1. The second-order valence-corrected chi connectivity index (χ2v) is 8.33. The first-order valence-corrected chi connectivity index (χ1v) is 10.8. The number of nitrogens with zero attached hydrogens (tertiary/aromatic N) is 5. The number of benzene rings is 1. The number of carbonyl (C=O) groups excluding carboxylic acids is 1. The molecule has 152 valence electrons. The van der Waals surface area contributed by atoms with E-state index in [0.29, 0.717) is 19.3 Å². The van der Waals surface area contributed by atoms with E-state index in [4.69, 9.17) is 4.74 Å². The van der Waals surface area contributed by atoms with Crippen LogP contribution in [-0.4, -0.2) is 55.6 Å². The zero-order valence-electron chi connectivity index (χ0n) is 16.2. The number of rotatable bonds is 5. The van der Waals surface area contributed by atoms with Crippen molar-refractivity contribution in [2.75, 3.05) is 31.6 Å². The number of hydrogen-bond acceptors (Lipinski definition) is 7. The second-order valence-electron chi connectivity index (χ2n) is 7.81. The van der Waals surface area contributed by atoms with Gasteiger partial charge in [-0.15, -0.1) is 0 Å². The zero-order valence-corrected chi connectivity index (χ0v) is 17.0. The minimum absolute atomic E-state index is 0.0357. The van der Waals surface area contributed by atoms with Crippen molar-refractivity contribution < 1.29 is 9.53 Å². The Hall–Kier alpha value is -2.36. The molecule has 9 heteroatoms. The standard InChI is InChI=1S/C20H24N6O2S/c27-20(15-6-10-28-13-15)22-19-3-7-21-26(19)16-4-8-25(9-5-16)12-14-1-2-17-18(11-14)24-29-23-17/h1-3,7,11,15-16H,4-6,8-10,12-13H2,(H,22,27)/t15-/m1/s1. The van der Waals surface area contributed by atoms with Crippen molar-refractivity contribution in [3.63, 3.8) is 0 Å². The number of amides is 1. The van der Waals surface area contributed by atoms with Crippen LogP contribution in [0.1, 0.15) is 30.9 Å². The van der Waals surface area contributed by atoms with Crippen LogP contribution in [0.2, 0.25) is 0 Å². The summed E-state index contributed by atoms with van der Waals surface area (Å²) in [6, 6.07) is 8.52. The third kappa shape index (κ3) is 4.03. The minimum atomic E-state index is -0.0505. The van der Waals surface area contributed by atoms with Crippen LogP contribution in [0.3, 0.4) is 0 Å². The monoisotopic (exact) mass is 412 g/mol. The van der Waals surface area contributed by atoms with Gasteiger partial charge in [-0.1, -0.05) is 6.07 Å². The highest BCUT2D eigenvalue weighted by Gasteiger charge is 2.27. The van der Waals surface area contributed by atoms with Gasteiger partial charge in [0.2, 0.25) is 5.91 Å². The third-order valence-corrected chi connectivity index (χ3v) is 6.41. The lowest BCUT2D eigenvalue weighted by Gasteiger charge is -2.32. The van der Waals surface area contributed by atoms with E-state index < -0.39 is 0 Å². The molecule has 0 bridgehead atoms. The second kappa shape index (κ2) is 8.17. The summed E-state index contributed by atoms with van der Waals surface area (Å²) in [5, 5.41) is 7.55. The summed E-state index contributed by atoms with van der Waals surface area (Å²) >= 11 is 1.26. The topological polar surface area (TPSA) is 85.2 Å². The van der Waals surface area contributed by atoms with E-state index in [1.54, 1.807) is 6.20 Å². The molecule has 8 nitrogen and oxygen atoms in total. The number of fused-ring (bicyclic) bond motifs is 1. The molecule has 0 saturated carbocycles. The van der Waals surface area contributed by atoms with Gasteiger partial charge in [0.1, 0.15) is 16.9 Å². The molecule has 2 fully saturated rings. The van der Waals surface area contributed by atoms with Crippen molar-refractivity contribution in [3.8, 4) is 0 Å². The molecule has 1 amide bonds. The molecule has 2 saturated heterocycles. The Labute approximate surface area is 173 Å². The summed E-state index contributed by atoms with van der Waals surface area (Å²) in [6.07, 6.45) is 4.58. The lowest BCUT2D eigenvalue weighted by Crippen LogP contribution is -2.35. The van der Waals surface area contributed by atoms with Crippen LogP contribution in [-0.2, 0) is 16.1 Å². The van der Waals surface area contributed by atoms with Crippen LogP contribution in [0, 0.1) is 5.92 Å². The first kappa shape index (κ1) is 18.7. The van der Waals surface area contributed by atoms with Crippen LogP contribution < -0.4 is 5.32 Å². The molecule has 1 N–H and O–H groups in total. The van der Waals surface area contributed by atoms with Gasteiger partial charge in [0.25, 0.3) is 0 Å². The Kier molecular flexibility index (Phi) is 5.26. The average Bonchev–Trinajstić information content (AvgIpc) is 3.50. The molecule has 0 unspecified atom stereocenters. The summed E-state index contributed by atoms with van der Waals surface area (Å²) in [7, 11) is 0. The first-order chi connectivity index (χ1) is 14.3. The predicted octanol–water partition coefficient (Wildman–Crippen LogP) is 2.70. The molecule has 0 radical (unpaired) electrons. The quantitative estimate of drug-likeness (QED) is 0.694. The summed E-state index contributed by atoms with van der Waals surface area (Å²) in [4.78, 5) is 14.9. The maximum Gasteiger partial charge on any atom is 0.231 e. The highest BCUT2D eigenvalue weighted by atomic mass is 32.1. The number of hydrogen-bond donors (Lipinski definition) is 1. The Morgan fingerprint density at radius 3 is 2.86 bits per heavy atom. The van der Waals surface area contributed by atoms with Gasteiger partial charge in [0.05, 0.1) is 36.5 Å². The number of piperidine rings is 1. The number of carbonyl (C=O) groups is 1. The van der Waals surface area contributed by atoms with E-state index >= 15 is 0 Å². The Bertz CT molecular complexity index is 988. The molecule has 2 aliphatic heterocycles. The minimum Gasteiger partial charge on any atom is -0.381 e. The van der Waals surface area contributed by atoms with E-state index in [2.05, 4.69) is 42.3 Å². The summed E-state index contributed by atoms with van der Waals surface area (Å²) in [5.41, 5.74) is 3.22. The van der Waals surface area contributed by atoms with Gasteiger partial charge in [-0.2, -0.15) is 13.8 Å². The smallest absolute Gasteiger partial charge is 0.231 e. The fraction of sp³-hybridized carbons (Fsp3) is 0.500. The van der Waals surface area contributed by atoms with E-state index in [9.17, 15) is 4.79 Å². The van der Waals surface area contributed by atoms with Gasteiger partial charge in [-0.25, -0.2) is 4.68 Å². The van der Waals surface area contributed by atoms with Gasteiger partial charge in [-0.3, -0.25) is 9.69 Å². The highest BCUT2D eigenvalue weighted by Crippen LogP contribution is 2.27. The van der Waals surface area contributed by atoms with Crippen molar-refractivity contribution in [2.24, 2.45) is 5.92 Å². The largest absolute Gasteiger partial charge is 0.381 e. The van der Waals surface area contributed by atoms with E-state index in [-0.39, 0.29) is 11.8 Å². The van der Waals surface area contributed by atoms with Gasteiger partial charge in [-0.05, 0) is 37.0 Å². The molecule has 1 aromatic carbocycles. The summed E-state index contributed by atoms with van der Waals surface area (Å²) in [6.45, 7) is 4.11. The average molecular weight is 413 g/mol. The summed E-state index contributed by atoms with van der Waals surface area (Å²) < 4.78 is 15.9. The van der Waals surface area contributed by atoms with Gasteiger partial charge in [0.15, 0.2) is 0 Å². The molecular formula is C20H24N6O2S. The lowest BCUT2D eigenvalue weighted by atomic mass is 10.0. The molecule has 0 aliphatic carbocycles. The molecule has 3 aromatic rings. The van der Waals surface area contributed by atoms with E-state index in [1.165, 1.54) is 17.3 Å². The number of ether oxygens (including phenoxy) is 1. The van der Waals surface area contributed by atoms with Crippen LogP contribution >= 0.6 is 11.7 Å². The van der Waals surface area contributed by atoms with Crippen molar-refractivity contribution in [3.05, 3.63) is 36.0 Å². The van der Waals surface area contributed by atoms with E-state index in [0.717, 1.165) is 55.7 Å². The Morgan fingerprint density at radius 1 is 1.17 bits per heavy atom. The Balaban J connectivity index is 1.18. The SMILES string of the molecule is O=C(Nc1ccnn1C1CCN(Cc2ccc3nsnc3c2)CC1)[C@@H]1CCOC1. The number of anilines is 1. The van der Waals surface area contributed by atoms with Crippen molar-refractivity contribution in [1.29, 1.82) is 0 Å². The molecule has 29 heavy (non-hydrogen) atoms. The zero-order chi connectivity index (χ0) is 19.6. The van der Waals surface area contributed by atoms with Crippen molar-refractivity contribution in [2.45, 2.75) is 31.8 Å². The van der Waals surface area contributed by atoms with Crippen molar-refractivity contribution >= 4 is 34.5 Å². The maximum absolute atomic E-state index is 12.4. The normalized spacial score (nSPS) is 21.0. The molecule has 1 atom stereocenters. The van der Waals surface area contributed by atoms with Gasteiger partial charge >= 0.3 is 0 Å². The van der Waals surface area contributed by atoms with Crippen LogP contribution in [0.25, 0.3) is 11.0 Å². The van der Waals surface area contributed by atoms with Gasteiger partial charge in [0, 0.05) is 32.3 Å². The summed E-state index contributed by atoms with van der Waals surface area (Å²) in [5.74, 6) is 0.779. The number of likely N-dealkylation sites (tertiary alicyclic amines) is 1. The third-order valence-electron chi connectivity index (χ3n) is 5.85. The maximum atomic E-state index is 12.4. The number of nitrogens with one attached hydrogen (secondary N) is 1. The van der Waals surface area contributed by atoms with Crippen LogP contribution in [0.4, 0.5) is 5.82 Å². The molecule has 0 spiro atoms. The molecule has 5 rings (SSSR count). The highest BCUT2D eigenvalue weighted by molar-refractivity contribution is 7.00. The lowest BCUT2D eigenvalue weighted by molar-refractivity contribution is -0.119. The molecule has 2 aromatic heterocycles. The van der Waals surface area contributed by atoms with Crippen LogP contribution in [0.5, 0.6) is 0 Å². The van der Waals surface area contributed by atoms with Gasteiger partial charge < -0.3 is 10.1 Å². The predicted molar refractivity (Wildman–Crippen MR) is 111 cm³/mol. The fourth-order valence-corrected chi connectivity index (χ4v) is 4.70. The molecule has 2 aliphatic rings. The fourth-order valence-electron chi connectivity index (χ4n) is 4.18. The van der Waals surface area contributed by atoms with E-state index in [1.807, 2.05) is 10.7 Å². The molecule has 4 heterocycles. The number of aromatic nitrogens is 4. The molecular weight excluding hydrogens is 388 g/mol.